The van der Waals surface area contributed by atoms with E-state index in [4.69, 9.17) is 26.1 Å². The molecular formula is C20H20ClN3O4S2. The minimum absolute atomic E-state index is 0.00145. The van der Waals surface area contributed by atoms with Crippen molar-refractivity contribution < 1.29 is 19.4 Å². The number of ether oxygens (including phenoxy) is 2. The Bertz CT molecular complexity index is 1090. The number of halogens is 1. The molecule has 0 amide bonds. The molecule has 158 valence electrons. The van der Waals surface area contributed by atoms with Crippen molar-refractivity contribution in [3.63, 3.8) is 0 Å². The maximum Gasteiger partial charge on any atom is 0.354 e. The molecule has 1 saturated heterocycles. The molecule has 30 heavy (non-hydrogen) atoms. The molecule has 0 radical (unpaired) electrons. The summed E-state index contributed by atoms with van der Waals surface area (Å²) in [4.78, 5) is 16.4. The van der Waals surface area contributed by atoms with Gasteiger partial charge in [-0.2, -0.15) is 9.78 Å². The van der Waals surface area contributed by atoms with Gasteiger partial charge in [-0.05, 0) is 25.1 Å². The Morgan fingerprint density at radius 2 is 2.17 bits per heavy atom. The van der Waals surface area contributed by atoms with Crippen LogP contribution in [0.5, 0.6) is 5.75 Å². The summed E-state index contributed by atoms with van der Waals surface area (Å²) in [7, 11) is 0. The van der Waals surface area contributed by atoms with Crippen LogP contribution in [0.4, 0.5) is 0 Å². The lowest BCUT2D eigenvalue weighted by atomic mass is 10.1. The topological polar surface area (TPSA) is 86.5 Å². The molecule has 10 heteroatoms. The summed E-state index contributed by atoms with van der Waals surface area (Å²) in [5.74, 6) is -0.464. The number of hydrogen-bond acceptors (Lipinski definition) is 7. The average Bonchev–Trinajstić information content (AvgIpc) is 3.22. The van der Waals surface area contributed by atoms with Crippen molar-refractivity contribution in [1.29, 1.82) is 0 Å². The molecule has 0 bridgehead atoms. The molecular weight excluding hydrogens is 446 g/mol. The molecule has 4 rings (SSSR count). The predicted molar refractivity (Wildman–Crippen MR) is 118 cm³/mol. The van der Waals surface area contributed by atoms with E-state index in [1.165, 1.54) is 22.1 Å². The van der Waals surface area contributed by atoms with Crippen molar-refractivity contribution in [1.82, 2.24) is 14.8 Å². The molecule has 1 aliphatic rings. The fraction of sp³-hybridized carbons (Fsp3) is 0.350. The average molecular weight is 466 g/mol. The van der Waals surface area contributed by atoms with Gasteiger partial charge in [0.2, 0.25) is 5.13 Å². The molecule has 0 saturated carbocycles. The summed E-state index contributed by atoms with van der Waals surface area (Å²) in [5, 5.41) is 15.2. The van der Waals surface area contributed by atoms with Gasteiger partial charge in [-0.15, -0.1) is 11.8 Å². The van der Waals surface area contributed by atoms with Crippen molar-refractivity contribution in [3.05, 3.63) is 40.7 Å². The van der Waals surface area contributed by atoms with Crippen LogP contribution in [0.1, 0.15) is 30.0 Å². The molecule has 2 aromatic heterocycles. The molecule has 1 fully saturated rings. The Balaban J connectivity index is 1.78. The Labute approximate surface area is 187 Å². The van der Waals surface area contributed by atoms with Crippen LogP contribution in [0.25, 0.3) is 16.4 Å². The highest BCUT2D eigenvalue weighted by Crippen LogP contribution is 2.41. The van der Waals surface area contributed by atoms with E-state index < -0.39 is 5.97 Å². The first-order valence-corrected chi connectivity index (χ1v) is 11.4. The van der Waals surface area contributed by atoms with Crippen LogP contribution in [0.15, 0.2) is 28.5 Å². The first-order chi connectivity index (χ1) is 14.3. The first-order valence-electron chi connectivity index (χ1n) is 9.34. The van der Waals surface area contributed by atoms with Gasteiger partial charge in [-0.1, -0.05) is 42.9 Å². The number of hydrogen-bond donors (Lipinski definition) is 1. The molecule has 0 spiro atoms. The number of carboxylic acids is 1. The number of aromatic carboxylic acids is 1. The molecule has 3 aromatic rings. The molecule has 1 aliphatic heterocycles. The van der Waals surface area contributed by atoms with Crippen LogP contribution >= 0.6 is 34.7 Å². The van der Waals surface area contributed by atoms with E-state index in [1.807, 2.05) is 12.1 Å². The van der Waals surface area contributed by atoms with Gasteiger partial charge in [0.05, 0.1) is 33.8 Å². The summed E-state index contributed by atoms with van der Waals surface area (Å²) >= 11 is 9.41. The number of thiazole rings is 1. The zero-order chi connectivity index (χ0) is 21.4. The lowest BCUT2D eigenvalue weighted by molar-refractivity contribution is -0.0796. The molecule has 0 atom stereocenters. The zero-order valence-electron chi connectivity index (χ0n) is 16.6. The van der Waals surface area contributed by atoms with Crippen molar-refractivity contribution >= 4 is 40.7 Å². The first kappa shape index (κ1) is 21.2. The fourth-order valence-corrected chi connectivity index (χ4v) is 5.51. The van der Waals surface area contributed by atoms with Crippen LogP contribution in [-0.2, 0) is 4.74 Å². The van der Waals surface area contributed by atoms with E-state index >= 15 is 0 Å². The van der Waals surface area contributed by atoms with Gasteiger partial charge in [0.1, 0.15) is 11.9 Å². The van der Waals surface area contributed by atoms with Crippen molar-refractivity contribution in [2.45, 2.75) is 36.3 Å². The van der Waals surface area contributed by atoms with Gasteiger partial charge in [0.15, 0.2) is 5.69 Å². The summed E-state index contributed by atoms with van der Waals surface area (Å²) in [6.07, 6.45) is -0.00145. The SMILES string of the molecule is Cc1cc(C(=O)O)n(-c2nc(-c3ccc(Cl)c(OC4COC4)c3)c(SC(C)C)s2)n1. The molecule has 1 N–H and O–H groups in total. The largest absolute Gasteiger partial charge is 0.484 e. The monoisotopic (exact) mass is 465 g/mol. The number of aromatic nitrogens is 3. The molecule has 0 aliphatic carbocycles. The molecule has 1 aromatic carbocycles. The van der Waals surface area contributed by atoms with Gasteiger partial charge in [0.25, 0.3) is 0 Å². The van der Waals surface area contributed by atoms with Gasteiger partial charge in [0, 0.05) is 10.8 Å². The number of carbonyl (C=O) groups is 1. The maximum atomic E-state index is 11.6. The number of carboxylic acid groups (broad SMARTS) is 1. The number of thioether (sulfide) groups is 1. The summed E-state index contributed by atoms with van der Waals surface area (Å²) < 4.78 is 13.5. The van der Waals surface area contributed by atoms with Gasteiger partial charge in [-0.3, -0.25) is 0 Å². The smallest absolute Gasteiger partial charge is 0.354 e. The fourth-order valence-electron chi connectivity index (χ4n) is 2.86. The lowest BCUT2D eigenvalue weighted by Gasteiger charge is -2.27. The molecule has 3 heterocycles. The standard InChI is InChI=1S/C20H20ClN3O4S2/c1-10(2)29-19-17(12-4-5-14(21)16(7-12)28-13-8-27-9-13)22-20(30-19)24-15(18(25)26)6-11(3)23-24/h4-7,10,13H,8-9H2,1-3H3,(H,25,26). The van der Waals surface area contributed by atoms with Crippen LogP contribution in [0.2, 0.25) is 5.02 Å². The van der Waals surface area contributed by atoms with Gasteiger partial charge < -0.3 is 14.6 Å². The van der Waals surface area contributed by atoms with E-state index in [2.05, 4.69) is 18.9 Å². The predicted octanol–water partition coefficient (Wildman–Crippen LogP) is 4.93. The van der Waals surface area contributed by atoms with Crippen LogP contribution in [0, 0.1) is 6.92 Å². The van der Waals surface area contributed by atoms with E-state index in [1.54, 1.807) is 24.8 Å². The van der Waals surface area contributed by atoms with Gasteiger partial charge >= 0.3 is 5.97 Å². The number of aryl methyl sites for hydroxylation is 1. The zero-order valence-corrected chi connectivity index (χ0v) is 19.0. The maximum absolute atomic E-state index is 11.6. The highest BCUT2D eigenvalue weighted by atomic mass is 35.5. The van der Waals surface area contributed by atoms with E-state index in [-0.39, 0.29) is 11.8 Å². The van der Waals surface area contributed by atoms with E-state index in [9.17, 15) is 9.90 Å². The van der Waals surface area contributed by atoms with Crippen molar-refractivity contribution in [2.75, 3.05) is 13.2 Å². The Morgan fingerprint density at radius 1 is 1.40 bits per heavy atom. The third-order valence-corrected chi connectivity index (χ3v) is 6.82. The number of rotatable bonds is 7. The molecule has 7 nitrogen and oxygen atoms in total. The van der Waals surface area contributed by atoms with E-state index in [0.717, 1.165) is 15.5 Å². The normalized spacial score (nSPS) is 14.2. The highest BCUT2D eigenvalue weighted by molar-refractivity contribution is 8.01. The summed E-state index contributed by atoms with van der Waals surface area (Å²) in [6, 6.07) is 7.08. The third kappa shape index (κ3) is 4.34. The minimum atomic E-state index is -1.05. The second kappa shape index (κ2) is 8.58. The van der Waals surface area contributed by atoms with Crippen LogP contribution in [0.3, 0.4) is 0 Å². The second-order valence-corrected chi connectivity index (χ2v) is 10.3. The van der Waals surface area contributed by atoms with Crippen molar-refractivity contribution in [2.24, 2.45) is 0 Å². The number of benzene rings is 1. The van der Waals surface area contributed by atoms with E-state index in [0.29, 0.717) is 40.1 Å². The third-order valence-electron chi connectivity index (χ3n) is 4.27. The lowest BCUT2D eigenvalue weighted by Crippen LogP contribution is -2.38. The Morgan fingerprint density at radius 3 is 2.80 bits per heavy atom. The second-order valence-electron chi connectivity index (χ2n) is 7.11. The minimum Gasteiger partial charge on any atom is -0.484 e. The van der Waals surface area contributed by atoms with Crippen LogP contribution in [-0.4, -0.2) is 50.4 Å². The Kier molecular flexibility index (Phi) is 6.06. The highest BCUT2D eigenvalue weighted by Gasteiger charge is 2.24. The number of nitrogens with zero attached hydrogens (tertiary/aromatic N) is 3. The Hall–Kier alpha value is -2.07. The molecule has 0 unspecified atom stereocenters. The summed E-state index contributed by atoms with van der Waals surface area (Å²) in [5.41, 5.74) is 2.30. The summed E-state index contributed by atoms with van der Waals surface area (Å²) in [6.45, 7) is 7.05. The van der Waals surface area contributed by atoms with Gasteiger partial charge in [-0.25, -0.2) is 9.78 Å². The quantitative estimate of drug-likeness (QED) is 0.495. The van der Waals surface area contributed by atoms with Crippen LogP contribution < -0.4 is 4.74 Å². The van der Waals surface area contributed by atoms with Crippen molar-refractivity contribution in [3.8, 4) is 22.1 Å².